The van der Waals surface area contributed by atoms with E-state index in [-0.39, 0.29) is 6.04 Å². The number of benzene rings is 1. The van der Waals surface area contributed by atoms with Gasteiger partial charge in [-0.25, -0.2) is 4.98 Å². The number of fused-ring (bicyclic) bond motifs is 1. The summed E-state index contributed by atoms with van der Waals surface area (Å²) in [6.07, 6.45) is 2.04. The number of halogens is 1. The Morgan fingerprint density at radius 1 is 1.32 bits per heavy atom. The van der Waals surface area contributed by atoms with Gasteiger partial charge in [0.25, 0.3) is 0 Å². The Kier molecular flexibility index (Phi) is 4.14. The summed E-state index contributed by atoms with van der Waals surface area (Å²) in [5, 5.41) is 9.68. The quantitative estimate of drug-likeness (QED) is 0.814. The van der Waals surface area contributed by atoms with E-state index in [1.54, 1.807) is 6.07 Å². The average molecular weight is 356 g/mol. The normalized spacial score (nSPS) is 18.9. The van der Waals surface area contributed by atoms with Gasteiger partial charge < -0.3 is 14.4 Å². The molecule has 0 radical (unpaired) electrons. The Morgan fingerprint density at radius 2 is 2.16 bits per heavy atom. The molecule has 25 heavy (non-hydrogen) atoms. The van der Waals surface area contributed by atoms with Crippen LogP contribution in [-0.2, 0) is 0 Å². The van der Waals surface area contributed by atoms with E-state index in [4.69, 9.17) is 26.3 Å². The molecule has 2 aromatic rings. The topological polar surface area (TPSA) is 58.4 Å². The van der Waals surface area contributed by atoms with Gasteiger partial charge >= 0.3 is 0 Å². The molecule has 0 aliphatic carbocycles. The monoisotopic (exact) mass is 355 g/mol. The first kappa shape index (κ1) is 16.0. The fourth-order valence-electron chi connectivity index (χ4n) is 3.59. The highest BCUT2D eigenvalue weighted by molar-refractivity contribution is 6.33. The molecule has 0 bridgehead atoms. The summed E-state index contributed by atoms with van der Waals surface area (Å²) in [5.74, 6) is 2.35. The second kappa shape index (κ2) is 6.45. The van der Waals surface area contributed by atoms with Crippen LogP contribution in [-0.4, -0.2) is 24.7 Å². The number of hydrogen-bond acceptors (Lipinski definition) is 5. The number of aromatic nitrogens is 1. The van der Waals surface area contributed by atoms with E-state index in [9.17, 15) is 0 Å². The van der Waals surface area contributed by atoms with E-state index in [1.165, 1.54) is 0 Å². The molecule has 4 rings (SSSR count). The second-order valence-corrected chi connectivity index (χ2v) is 6.67. The van der Waals surface area contributed by atoms with Crippen LogP contribution in [0.25, 0.3) is 0 Å². The van der Waals surface area contributed by atoms with E-state index in [2.05, 4.69) is 22.0 Å². The van der Waals surface area contributed by atoms with Gasteiger partial charge in [-0.15, -0.1) is 0 Å². The van der Waals surface area contributed by atoms with Crippen LogP contribution in [0.1, 0.15) is 35.7 Å². The first-order chi connectivity index (χ1) is 12.2. The van der Waals surface area contributed by atoms with Crippen molar-refractivity contribution >= 4 is 17.4 Å². The van der Waals surface area contributed by atoms with E-state index >= 15 is 0 Å². The molecule has 3 heterocycles. The maximum absolute atomic E-state index is 9.17. The molecule has 1 fully saturated rings. The summed E-state index contributed by atoms with van der Waals surface area (Å²) in [7, 11) is 0. The summed E-state index contributed by atoms with van der Waals surface area (Å²) < 4.78 is 11.6. The maximum atomic E-state index is 9.17. The van der Waals surface area contributed by atoms with E-state index in [0.717, 1.165) is 42.3 Å². The molecule has 1 aromatic carbocycles. The van der Waals surface area contributed by atoms with Gasteiger partial charge in [0.2, 0.25) is 0 Å². The summed E-state index contributed by atoms with van der Waals surface area (Å²) >= 11 is 6.45. The smallest absolute Gasteiger partial charge is 0.166 e. The van der Waals surface area contributed by atoms with Crippen LogP contribution in [0.2, 0.25) is 5.02 Å². The van der Waals surface area contributed by atoms with Gasteiger partial charge in [-0.2, -0.15) is 5.26 Å². The van der Waals surface area contributed by atoms with Crippen molar-refractivity contribution in [3.05, 3.63) is 46.1 Å². The molecule has 128 valence electrons. The van der Waals surface area contributed by atoms with Crippen molar-refractivity contribution in [2.75, 3.05) is 24.7 Å². The van der Waals surface area contributed by atoms with Gasteiger partial charge in [0.15, 0.2) is 11.5 Å². The predicted octanol–water partition coefficient (Wildman–Crippen LogP) is 4.03. The highest BCUT2D eigenvalue weighted by Crippen LogP contribution is 2.45. The Bertz CT molecular complexity index is 862. The zero-order valence-corrected chi connectivity index (χ0v) is 14.7. The first-order valence-electron chi connectivity index (χ1n) is 8.41. The van der Waals surface area contributed by atoms with Crippen LogP contribution >= 0.6 is 11.6 Å². The summed E-state index contributed by atoms with van der Waals surface area (Å²) in [6.45, 7) is 3.84. The van der Waals surface area contributed by atoms with Gasteiger partial charge in [-0.05, 0) is 31.9 Å². The summed E-state index contributed by atoms with van der Waals surface area (Å²) in [6, 6.07) is 9.99. The molecule has 1 atom stereocenters. The molecule has 5 nitrogen and oxygen atoms in total. The molecule has 2 aliphatic heterocycles. The highest BCUT2D eigenvalue weighted by atomic mass is 35.5. The second-order valence-electron chi connectivity index (χ2n) is 6.26. The lowest BCUT2D eigenvalue weighted by Crippen LogP contribution is -2.26. The Morgan fingerprint density at radius 3 is 3.00 bits per heavy atom. The minimum absolute atomic E-state index is 0.133. The molecule has 1 saturated heterocycles. The van der Waals surface area contributed by atoms with E-state index in [0.29, 0.717) is 29.5 Å². The Labute approximate surface area is 151 Å². The largest absolute Gasteiger partial charge is 0.486 e. The maximum Gasteiger partial charge on any atom is 0.166 e. The van der Waals surface area contributed by atoms with Gasteiger partial charge in [-0.1, -0.05) is 23.7 Å². The highest BCUT2D eigenvalue weighted by Gasteiger charge is 2.32. The SMILES string of the molecule is Cc1nc(N2CCCC2c2cccc3c2OCCO3)c(Cl)cc1C#N. The lowest BCUT2D eigenvalue weighted by Gasteiger charge is -2.30. The van der Waals surface area contributed by atoms with Crippen LogP contribution in [0.5, 0.6) is 11.5 Å². The van der Waals surface area contributed by atoms with Crippen LogP contribution in [0.4, 0.5) is 5.82 Å². The number of nitriles is 1. The van der Waals surface area contributed by atoms with Gasteiger partial charge in [0, 0.05) is 12.1 Å². The number of anilines is 1. The lowest BCUT2D eigenvalue weighted by molar-refractivity contribution is 0.169. The third kappa shape index (κ3) is 2.77. The summed E-state index contributed by atoms with van der Waals surface area (Å²) in [5.41, 5.74) is 2.31. The molecule has 0 saturated carbocycles. The number of hydrogen-bond donors (Lipinski definition) is 0. The van der Waals surface area contributed by atoms with Crippen molar-refractivity contribution in [2.24, 2.45) is 0 Å². The minimum Gasteiger partial charge on any atom is -0.486 e. The van der Waals surface area contributed by atoms with Crippen molar-refractivity contribution in [1.82, 2.24) is 4.98 Å². The number of pyridine rings is 1. The van der Waals surface area contributed by atoms with Crippen LogP contribution < -0.4 is 14.4 Å². The van der Waals surface area contributed by atoms with Crippen molar-refractivity contribution in [3.63, 3.8) is 0 Å². The van der Waals surface area contributed by atoms with E-state index in [1.807, 2.05) is 19.1 Å². The van der Waals surface area contributed by atoms with Crippen molar-refractivity contribution in [2.45, 2.75) is 25.8 Å². The fourth-order valence-corrected chi connectivity index (χ4v) is 3.84. The molecule has 1 unspecified atom stereocenters. The van der Waals surface area contributed by atoms with Crippen LogP contribution in [0.15, 0.2) is 24.3 Å². The Balaban J connectivity index is 1.75. The number of rotatable bonds is 2. The lowest BCUT2D eigenvalue weighted by atomic mass is 10.0. The third-order valence-corrected chi connectivity index (χ3v) is 5.03. The minimum atomic E-state index is 0.133. The zero-order valence-electron chi connectivity index (χ0n) is 14.0. The molecule has 1 aromatic heterocycles. The molecule has 0 amide bonds. The first-order valence-corrected chi connectivity index (χ1v) is 8.79. The zero-order chi connectivity index (χ0) is 17.4. The number of aryl methyl sites for hydroxylation is 1. The van der Waals surface area contributed by atoms with Gasteiger partial charge in [0.1, 0.15) is 25.1 Å². The van der Waals surface area contributed by atoms with Gasteiger partial charge in [-0.3, -0.25) is 0 Å². The fraction of sp³-hybridized carbons (Fsp3) is 0.368. The molecule has 0 N–H and O–H groups in total. The van der Waals surface area contributed by atoms with Crippen molar-refractivity contribution in [1.29, 1.82) is 5.26 Å². The van der Waals surface area contributed by atoms with Gasteiger partial charge in [0.05, 0.1) is 22.3 Å². The van der Waals surface area contributed by atoms with Crippen LogP contribution in [0.3, 0.4) is 0 Å². The number of para-hydroxylation sites is 1. The predicted molar refractivity (Wildman–Crippen MR) is 95.5 cm³/mol. The number of nitrogens with zero attached hydrogens (tertiary/aromatic N) is 3. The molecule has 6 heteroatoms. The van der Waals surface area contributed by atoms with Crippen molar-refractivity contribution in [3.8, 4) is 17.6 Å². The van der Waals surface area contributed by atoms with Crippen LogP contribution in [0, 0.1) is 18.3 Å². The average Bonchev–Trinajstić information content (AvgIpc) is 3.12. The molecular formula is C19H18ClN3O2. The number of ether oxygens (including phenoxy) is 2. The third-order valence-electron chi connectivity index (χ3n) is 4.75. The van der Waals surface area contributed by atoms with E-state index < -0.39 is 0 Å². The summed E-state index contributed by atoms with van der Waals surface area (Å²) in [4.78, 5) is 6.83. The molecular weight excluding hydrogens is 338 g/mol. The van der Waals surface area contributed by atoms with Crippen molar-refractivity contribution < 1.29 is 9.47 Å². The standard InChI is InChI=1S/C19H18ClN3O2/c1-12-13(11-21)10-15(20)19(22-12)23-7-3-5-16(23)14-4-2-6-17-18(14)25-9-8-24-17/h2,4,6,10,16H,3,5,7-9H2,1H3. The molecule has 0 spiro atoms. The molecule has 2 aliphatic rings. The Hall–Kier alpha value is -2.45.